The topological polar surface area (TPSA) is 92.3 Å². The molecule has 0 heterocycles. The van der Waals surface area contributed by atoms with Crippen LogP contribution < -0.4 is 10.6 Å². The van der Waals surface area contributed by atoms with Gasteiger partial charge in [-0.3, -0.25) is 9.59 Å². The average molecular weight is 437 g/mol. The zero-order valence-corrected chi connectivity index (χ0v) is 18.4. The highest BCUT2D eigenvalue weighted by molar-refractivity contribution is 7.92. The predicted molar refractivity (Wildman–Crippen MR) is 122 cm³/mol. The first-order chi connectivity index (χ1) is 14.7. The van der Waals surface area contributed by atoms with Crippen LogP contribution in [-0.2, 0) is 9.84 Å². The Bertz CT molecular complexity index is 1200. The van der Waals surface area contributed by atoms with Crippen LogP contribution in [0.1, 0.15) is 40.1 Å². The molecule has 0 fully saturated rings. The number of carbonyl (C=O) groups is 2. The summed E-state index contributed by atoms with van der Waals surface area (Å²) in [5.41, 5.74) is 2.58. The van der Waals surface area contributed by atoms with Gasteiger partial charge in [0.25, 0.3) is 11.8 Å². The van der Waals surface area contributed by atoms with E-state index in [2.05, 4.69) is 10.6 Å². The lowest BCUT2D eigenvalue weighted by Crippen LogP contribution is -2.17. The molecule has 0 aromatic heterocycles. The number of anilines is 2. The Hall–Kier alpha value is -3.45. The SMILES string of the molecule is Cc1c(NC(=O)c2ccc(S(=O)(=O)C(C)C)cc2)cccc1C(=O)Nc1ccccc1. The third kappa shape index (κ3) is 5.00. The molecule has 0 saturated carbocycles. The first-order valence-corrected chi connectivity index (χ1v) is 11.4. The van der Waals surface area contributed by atoms with E-state index in [0.29, 0.717) is 28.1 Å². The van der Waals surface area contributed by atoms with Crippen LogP contribution in [0.2, 0.25) is 0 Å². The quantitative estimate of drug-likeness (QED) is 0.587. The third-order valence-corrected chi connectivity index (χ3v) is 7.09. The highest BCUT2D eigenvalue weighted by Gasteiger charge is 2.20. The summed E-state index contributed by atoms with van der Waals surface area (Å²) in [7, 11) is -3.40. The van der Waals surface area contributed by atoms with Gasteiger partial charge in [-0.2, -0.15) is 0 Å². The lowest BCUT2D eigenvalue weighted by molar-refractivity contribution is 0.101. The highest BCUT2D eigenvalue weighted by Crippen LogP contribution is 2.22. The first kappa shape index (κ1) is 22.2. The molecule has 0 aliphatic heterocycles. The van der Waals surface area contributed by atoms with Gasteiger partial charge in [-0.05, 0) is 74.9 Å². The molecule has 0 radical (unpaired) electrons. The smallest absolute Gasteiger partial charge is 0.256 e. The first-order valence-electron chi connectivity index (χ1n) is 9.81. The second-order valence-electron chi connectivity index (χ2n) is 7.37. The number of nitrogens with one attached hydrogen (secondary N) is 2. The molecule has 0 atom stereocenters. The maximum Gasteiger partial charge on any atom is 0.256 e. The van der Waals surface area contributed by atoms with Gasteiger partial charge in [-0.1, -0.05) is 24.3 Å². The Kier molecular flexibility index (Phi) is 6.56. The van der Waals surface area contributed by atoms with Crippen molar-refractivity contribution in [3.05, 3.63) is 89.5 Å². The molecule has 6 nitrogen and oxygen atoms in total. The summed E-state index contributed by atoms with van der Waals surface area (Å²) in [6.45, 7) is 4.98. The average Bonchev–Trinajstić information content (AvgIpc) is 2.75. The van der Waals surface area contributed by atoms with Crippen LogP contribution in [0, 0.1) is 6.92 Å². The van der Waals surface area contributed by atoms with Gasteiger partial charge in [0.2, 0.25) is 0 Å². The van der Waals surface area contributed by atoms with E-state index in [0.717, 1.165) is 0 Å². The van der Waals surface area contributed by atoms with E-state index < -0.39 is 21.0 Å². The van der Waals surface area contributed by atoms with Crippen LogP contribution in [-0.4, -0.2) is 25.5 Å². The van der Waals surface area contributed by atoms with Crippen molar-refractivity contribution in [1.82, 2.24) is 0 Å². The van der Waals surface area contributed by atoms with Crippen LogP contribution in [0.5, 0.6) is 0 Å². The molecule has 3 rings (SSSR count). The zero-order valence-electron chi connectivity index (χ0n) is 17.5. The van der Waals surface area contributed by atoms with Crippen molar-refractivity contribution in [2.24, 2.45) is 0 Å². The van der Waals surface area contributed by atoms with E-state index in [1.165, 1.54) is 24.3 Å². The predicted octanol–water partition coefficient (Wildman–Crippen LogP) is 4.68. The van der Waals surface area contributed by atoms with Crippen LogP contribution >= 0.6 is 0 Å². The maximum absolute atomic E-state index is 12.7. The standard InChI is InChI=1S/C24H24N2O4S/c1-16(2)31(29,30)20-14-12-18(13-15-20)23(27)26-22-11-7-10-21(17(22)3)24(28)25-19-8-5-4-6-9-19/h4-16H,1-3H3,(H,25,28)(H,26,27). The summed E-state index contributed by atoms with van der Waals surface area (Å²) in [6.07, 6.45) is 0. The van der Waals surface area contributed by atoms with Crippen LogP contribution in [0.15, 0.2) is 77.7 Å². The van der Waals surface area contributed by atoms with Gasteiger partial charge in [-0.15, -0.1) is 0 Å². The van der Waals surface area contributed by atoms with Crippen molar-refractivity contribution in [2.45, 2.75) is 30.9 Å². The summed E-state index contributed by atoms with van der Waals surface area (Å²) in [6, 6.07) is 20.0. The molecule has 160 valence electrons. The van der Waals surface area contributed by atoms with Crippen LogP contribution in [0.4, 0.5) is 11.4 Å². The Morgan fingerprint density at radius 2 is 1.42 bits per heavy atom. The summed E-state index contributed by atoms with van der Waals surface area (Å²) in [5, 5.41) is 5.09. The molecule has 0 unspecified atom stereocenters. The highest BCUT2D eigenvalue weighted by atomic mass is 32.2. The van der Waals surface area contributed by atoms with Crippen LogP contribution in [0.25, 0.3) is 0 Å². The largest absolute Gasteiger partial charge is 0.322 e. The maximum atomic E-state index is 12.7. The summed E-state index contributed by atoms with van der Waals surface area (Å²) in [5.74, 6) is -0.666. The van der Waals surface area contributed by atoms with E-state index in [-0.39, 0.29) is 10.8 Å². The molecule has 0 spiro atoms. The van der Waals surface area contributed by atoms with Gasteiger partial charge < -0.3 is 10.6 Å². The number of amides is 2. The van der Waals surface area contributed by atoms with Crippen molar-refractivity contribution in [3.8, 4) is 0 Å². The summed E-state index contributed by atoms with van der Waals surface area (Å²) < 4.78 is 24.5. The molecule has 7 heteroatoms. The number of sulfone groups is 1. The third-order valence-electron chi connectivity index (χ3n) is 4.92. The van der Waals surface area contributed by atoms with E-state index in [1.54, 1.807) is 51.1 Å². The van der Waals surface area contributed by atoms with Gasteiger partial charge in [0, 0.05) is 22.5 Å². The Morgan fingerprint density at radius 3 is 2.03 bits per heavy atom. The molecule has 0 aliphatic carbocycles. The number of benzene rings is 3. The second kappa shape index (κ2) is 9.14. The summed E-state index contributed by atoms with van der Waals surface area (Å²) >= 11 is 0. The lowest BCUT2D eigenvalue weighted by atomic mass is 10.1. The number of carbonyl (C=O) groups excluding carboxylic acids is 2. The van der Waals surface area contributed by atoms with E-state index in [9.17, 15) is 18.0 Å². The summed E-state index contributed by atoms with van der Waals surface area (Å²) in [4.78, 5) is 25.5. The van der Waals surface area contributed by atoms with Crippen molar-refractivity contribution in [2.75, 3.05) is 10.6 Å². The fourth-order valence-corrected chi connectivity index (χ4v) is 4.06. The van der Waals surface area contributed by atoms with Gasteiger partial charge >= 0.3 is 0 Å². The number of hydrogen-bond donors (Lipinski definition) is 2. The molecule has 2 N–H and O–H groups in total. The van der Waals surface area contributed by atoms with Crippen molar-refractivity contribution >= 4 is 33.0 Å². The van der Waals surface area contributed by atoms with Gasteiger partial charge in [0.05, 0.1) is 10.1 Å². The lowest BCUT2D eigenvalue weighted by Gasteiger charge is -2.13. The Labute approximate surface area is 182 Å². The number of para-hydroxylation sites is 1. The Balaban J connectivity index is 1.78. The molecule has 0 bridgehead atoms. The molecular weight excluding hydrogens is 412 g/mol. The minimum absolute atomic E-state index is 0.176. The van der Waals surface area contributed by atoms with Crippen molar-refractivity contribution in [3.63, 3.8) is 0 Å². The van der Waals surface area contributed by atoms with Crippen LogP contribution in [0.3, 0.4) is 0 Å². The monoisotopic (exact) mass is 436 g/mol. The fraction of sp³-hybridized carbons (Fsp3) is 0.167. The normalized spacial score (nSPS) is 11.2. The van der Waals surface area contributed by atoms with Crippen molar-refractivity contribution < 1.29 is 18.0 Å². The second-order valence-corrected chi connectivity index (χ2v) is 9.87. The molecule has 0 aliphatic rings. The van der Waals surface area contributed by atoms with E-state index in [1.807, 2.05) is 18.2 Å². The van der Waals surface area contributed by atoms with Gasteiger partial charge in [-0.25, -0.2) is 8.42 Å². The number of hydrogen-bond acceptors (Lipinski definition) is 4. The fourth-order valence-electron chi connectivity index (χ4n) is 3.00. The molecule has 2 amide bonds. The Morgan fingerprint density at radius 1 is 0.774 bits per heavy atom. The van der Waals surface area contributed by atoms with E-state index in [4.69, 9.17) is 0 Å². The van der Waals surface area contributed by atoms with Crippen molar-refractivity contribution in [1.29, 1.82) is 0 Å². The van der Waals surface area contributed by atoms with Gasteiger partial charge in [0.1, 0.15) is 0 Å². The number of rotatable bonds is 6. The minimum atomic E-state index is -3.40. The molecular formula is C24H24N2O4S. The van der Waals surface area contributed by atoms with Gasteiger partial charge in [0.15, 0.2) is 9.84 Å². The molecule has 3 aromatic carbocycles. The molecule has 0 saturated heterocycles. The molecule has 3 aromatic rings. The van der Waals surface area contributed by atoms with E-state index >= 15 is 0 Å². The zero-order chi connectivity index (χ0) is 22.6. The minimum Gasteiger partial charge on any atom is -0.322 e. The molecule has 31 heavy (non-hydrogen) atoms.